The second-order valence-corrected chi connectivity index (χ2v) is 9.75. The predicted molar refractivity (Wildman–Crippen MR) is 126 cm³/mol. The van der Waals surface area contributed by atoms with Crippen LogP contribution in [-0.4, -0.2) is 42.8 Å². The number of anilines is 1. The van der Waals surface area contributed by atoms with Gasteiger partial charge < -0.3 is 20.4 Å². The third-order valence-electron chi connectivity index (χ3n) is 4.29. The molecular weight excluding hydrogens is 514 g/mol. The zero-order chi connectivity index (χ0) is 24.8. The summed E-state index contributed by atoms with van der Waals surface area (Å²) in [4.78, 5) is 52.4. The van der Waals surface area contributed by atoms with Crippen LogP contribution in [0.5, 0.6) is 0 Å². The molecule has 1 aromatic heterocycles. The molecule has 0 fully saturated rings. The van der Waals surface area contributed by atoms with Gasteiger partial charge in [0, 0.05) is 28.8 Å². The van der Waals surface area contributed by atoms with Gasteiger partial charge in [-0.3, -0.25) is 14.1 Å². The summed E-state index contributed by atoms with van der Waals surface area (Å²) in [6.45, 7) is 2.84. The van der Waals surface area contributed by atoms with E-state index in [-0.39, 0.29) is 34.4 Å². The van der Waals surface area contributed by atoms with Gasteiger partial charge in [0.1, 0.15) is 11.6 Å². The minimum atomic E-state index is -4.73. The first-order valence-corrected chi connectivity index (χ1v) is 12.4. The van der Waals surface area contributed by atoms with Gasteiger partial charge in [0.25, 0.3) is 0 Å². The number of nitrogen functional groups attached to an aromatic ring is 1. The number of nitrogens with zero attached hydrogens (tertiary/aromatic N) is 3. The van der Waals surface area contributed by atoms with Crippen LogP contribution in [0.2, 0.25) is 10.0 Å². The highest BCUT2D eigenvalue weighted by Gasteiger charge is 2.22. The molecule has 33 heavy (non-hydrogen) atoms. The van der Waals surface area contributed by atoms with Crippen molar-refractivity contribution in [3.8, 4) is 0 Å². The quantitative estimate of drug-likeness (QED) is 0.301. The Balaban J connectivity index is 2.38. The van der Waals surface area contributed by atoms with Crippen LogP contribution in [0.1, 0.15) is 35.1 Å². The minimum absolute atomic E-state index is 0.00585. The Hall–Kier alpha value is -1.98. The van der Waals surface area contributed by atoms with E-state index >= 15 is 0 Å². The third-order valence-corrected chi connectivity index (χ3v) is 6.58. The van der Waals surface area contributed by atoms with Crippen molar-refractivity contribution in [3.05, 3.63) is 62.0 Å². The van der Waals surface area contributed by atoms with Gasteiger partial charge in [0.15, 0.2) is 0 Å². The molecule has 0 bridgehead atoms. The number of phosphoric ester groups is 1. The molecule has 2 rings (SSSR count). The lowest BCUT2D eigenvalue weighted by molar-refractivity contribution is -0.116. The highest BCUT2D eigenvalue weighted by atomic mass is 35.5. The number of nitrogens with two attached hydrogens (primary N) is 1. The van der Waals surface area contributed by atoms with Crippen molar-refractivity contribution in [2.75, 3.05) is 12.3 Å². The maximum atomic E-state index is 12.9. The van der Waals surface area contributed by atoms with Crippen molar-refractivity contribution in [1.29, 1.82) is 0 Å². The molecule has 0 aliphatic rings. The van der Waals surface area contributed by atoms with E-state index in [0.717, 1.165) is 11.8 Å². The minimum Gasteiger partial charge on any atom is -0.383 e. The lowest BCUT2D eigenvalue weighted by Crippen LogP contribution is -2.22. The van der Waals surface area contributed by atoms with Gasteiger partial charge in [-0.05, 0) is 37.7 Å². The van der Waals surface area contributed by atoms with E-state index in [4.69, 9.17) is 38.7 Å². The first kappa shape index (κ1) is 27.3. The second kappa shape index (κ2) is 11.9. The molecule has 0 atom stereocenters. The van der Waals surface area contributed by atoms with Crippen LogP contribution in [0.4, 0.5) is 5.82 Å². The van der Waals surface area contributed by atoms with Crippen molar-refractivity contribution in [2.24, 2.45) is 0 Å². The molecule has 10 nitrogen and oxygen atoms in total. The Labute approximate surface area is 204 Å². The summed E-state index contributed by atoms with van der Waals surface area (Å²) in [5.74, 6) is 0.661. The van der Waals surface area contributed by atoms with Crippen LogP contribution >= 0.6 is 42.8 Å². The number of benzene rings is 1. The Bertz CT molecular complexity index is 1110. The van der Waals surface area contributed by atoms with Gasteiger partial charge in [0.2, 0.25) is 11.5 Å². The van der Waals surface area contributed by atoms with E-state index in [1.807, 2.05) is 0 Å². The van der Waals surface area contributed by atoms with E-state index in [0.29, 0.717) is 28.4 Å². The van der Waals surface area contributed by atoms with Crippen molar-refractivity contribution in [3.63, 3.8) is 0 Å². The summed E-state index contributed by atoms with van der Waals surface area (Å²) in [5, 5.41) is -0.235. The van der Waals surface area contributed by atoms with Crippen molar-refractivity contribution in [1.82, 2.24) is 14.9 Å². The monoisotopic (exact) mass is 534 g/mol. The van der Waals surface area contributed by atoms with Crippen molar-refractivity contribution < 1.29 is 28.5 Å². The van der Waals surface area contributed by atoms with Crippen LogP contribution in [0.15, 0.2) is 35.0 Å². The number of aryl methyl sites for hydroxylation is 1. The molecule has 1 aromatic carbocycles. The molecule has 14 heteroatoms. The molecule has 0 radical (unpaired) electrons. The maximum Gasteiger partial charge on any atom is 0.469 e. The lowest BCUT2D eigenvalue weighted by atomic mass is 10.2. The number of halogens is 2. The number of amides is 1. The number of carbonyl (C=O) groups is 2. The van der Waals surface area contributed by atoms with E-state index < -0.39 is 19.5 Å². The number of phosphoric acid groups is 1. The van der Waals surface area contributed by atoms with Crippen molar-refractivity contribution in [2.45, 2.75) is 26.8 Å². The Morgan fingerprint density at radius 2 is 1.97 bits per heavy atom. The van der Waals surface area contributed by atoms with Crippen LogP contribution < -0.4 is 5.73 Å². The Morgan fingerprint density at radius 1 is 1.33 bits per heavy atom. The summed E-state index contributed by atoms with van der Waals surface area (Å²) >= 11 is 13.0. The highest BCUT2D eigenvalue weighted by Crippen LogP contribution is 2.38. The molecule has 4 N–H and O–H groups in total. The molecule has 0 aliphatic carbocycles. The third kappa shape index (κ3) is 8.08. The predicted octanol–water partition coefficient (Wildman–Crippen LogP) is 3.94. The number of hydrogen-bond donors (Lipinski definition) is 3. The summed E-state index contributed by atoms with van der Waals surface area (Å²) in [6.07, 6.45) is 1.94. The van der Waals surface area contributed by atoms with E-state index in [1.54, 1.807) is 19.9 Å². The van der Waals surface area contributed by atoms with E-state index in [1.165, 1.54) is 23.2 Å². The topological polar surface area (TPSA) is 156 Å². The summed E-state index contributed by atoms with van der Waals surface area (Å²) < 4.78 is 15.6. The van der Waals surface area contributed by atoms with Crippen LogP contribution in [0, 0.1) is 6.92 Å². The van der Waals surface area contributed by atoms with E-state index in [9.17, 15) is 14.2 Å². The standard InChI is InChI=1S/C19H21Cl2N4O6PS/c1-11(25(10-26)9-13-8-23-12(2)24-18(13)22)16(6-7-31-32(28,29)30)33-19(27)17-14(20)4-3-5-15(17)21/h3-5,8,10H,6-7,9H2,1-2H3,(H2,22,23,24)(H2,28,29,30). The molecule has 0 aliphatic heterocycles. The van der Waals surface area contributed by atoms with Crippen molar-refractivity contribution >= 4 is 60.1 Å². The SMILES string of the molecule is CC(=C(CCOP(=O)(O)O)SC(=O)c1c(Cl)cccc1Cl)N(C=O)Cc1cnc(C)nc1N. The van der Waals surface area contributed by atoms with Gasteiger partial charge in [-0.15, -0.1) is 0 Å². The smallest absolute Gasteiger partial charge is 0.383 e. The van der Waals surface area contributed by atoms with Gasteiger partial charge in [0.05, 0.1) is 28.8 Å². The van der Waals surface area contributed by atoms with E-state index in [2.05, 4.69) is 14.5 Å². The van der Waals surface area contributed by atoms with Gasteiger partial charge in [-0.25, -0.2) is 14.5 Å². The summed E-state index contributed by atoms with van der Waals surface area (Å²) in [5.41, 5.74) is 6.79. The first-order valence-electron chi connectivity index (χ1n) is 9.29. The fourth-order valence-corrected chi connectivity index (χ4v) is 4.64. The largest absolute Gasteiger partial charge is 0.469 e. The molecule has 1 heterocycles. The van der Waals surface area contributed by atoms with Crippen LogP contribution in [-0.2, 0) is 20.4 Å². The number of aromatic nitrogens is 2. The average molecular weight is 535 g/mol. The fraction of sp³-hybridized carbons (Fsp3) is 0.263. The molecule has 0 saturated heterocycles. The number of hydrogen-bond acceptors (Lipinski definition) is 8. The average Bonchev–Trinajstić information content (AvgIpc) is 2.71. The molecule has 0 saturated carbocycles. The number of thioether (sulfide) groups is 1. The first-order chi connectivity index (χ1) is 15.4. The molecule has 2 aromatic rings. The highest BCUT2D eigenvalue weighted by molar-refractivity contribution is 8.17. The normalized spacial score (nSPS) is 12.3. The summed E-state index contributed by atoms with van der Waals surface area (Å²) in [7, 11) is -4.73. The second-order valence-electron chi connectivity index (χ2n) is 6.63. The number of allylic oxidation sites excluding steroid dienone is 1. The fourth-order valence-electron chi connectivity index (χ4n) is 2.63. The van der Waals surface area contributed by atoms with Gasteiger partial charge in [-0.1, -0.05) is 29.3 Å². The molecule has 1 amide bonds. The maximum absolute atomic E-state index is 12.9. The van der Waals surface area contributed by atoms with Crippen LogP contribution in [0.3, 0.4) is 0 Å². The molecule has 0 spiro atoms. The zero-order valence-electron chi connectivity index (χ0n) is 17.6. The number of carbonyl (C=O) groups excluding carboxylic acids is 2. The van der Waals surface area contributed by atoms with Gasteiger partial charge >= 0.3 is 7.82 Å². The summed E-state index contributed by atoms with van der Waals surface area (Å²) in [6, 6.07) is 4.60. The molecular formula is C19H21Cl2N4O6PS. The number of rotatable bonds is 10. The van der Waals surface area contributed by atoms with Gasteiger partial charge in [-0.2, -0.15) is 0 Å². The molecule has 178 valence electrons. The lowest BCUT2D eigenvalue weighted by Gasteiger charge is -2.22. The molecule has 0 unspecified atom stereocenters. The zero-order valence-corrected chi connectivity index (χ0v) is 20.8. The Kier molecular flexibility index (Phi) is 9.86. The van der Waals surface area contributed by atoms with Crippen LogP contribution in [0.25, 0.3) is 0 Å². The Morgan fingerprint density at radius 3 is 2.52 bits per heavy atom.